The molecular weight excluding hydrogens is 517 g/mol. The number of nitrogens with zero attached hydrogens (tertiary/aromatic N) is 4. The predicted octanol–water partition coefficient (Wildman–Crippen LogP) is 3.73. The van der Waals surface area contributed by atoms with E-state index in [1.807, 2.05) is 0 Å². The molecule has 0 aliphatic rings. The number of halogens is 1. The third-order valence-electron chi connectivity index (χ3n) is 5.87. The number of para-hydroxylation sites is 1. The molecule has 4 aromatic rings. The largest absolute Gasteiger partial charge is 0.494 e. The van der Waals surface area contributed by atoms with Crippen LogP contribution in [-0.4, -0.2) is 47.8 Å². The lowest BCUT2D eigenvalue weighted by Crippen LogP contribution is -2.32. The number of methoxy groups -OCH3 is 2. The maximum absolute atomic E-state index is 13.7. The molecule has 0 radical (unpaired) electrons. The molecule has 2 aromatic heterocycles. The van der Waals surface area contributed by atoms with Gasteiger partial charge in [-0.2, -0.15) is 5.26 Å². The van der Waals surface area contributed by atoms with E-state index >= 15 is 0 Å². The van der Waals surface area contributed by atoms with Crippen LogP contribution in [-0.2, 0) is 10.0 Å². The van der Waals surface area contributed by atoms with Crippen LogP contribution in [0, 0.1) is 24.1 Å². The first-order valence-electron chi connectivity index (χ1n) is 11.2. The number of aromatic nitrogens is 3. The summed E-state index contributed by atoms with van der Waals surface area (Å²) in [5, 5.41) is 26.6. The number of hydrogen-bond acceptors (Lipinski definition) is 9. The van der Waals surface area contributed by atoms with Gasteiger partial charge >= 0.3 is 0 Å². The lowest BCUT2D eigenvalue weighted by Gasteiger charge is -2.21. The Hall–Kier alpha value is -4.41. The van der Waals surface area contributed by atoms with E-state index in [9.17, 15) is 17.9 Å². The third-order valence-corrected chi connectivity index (χ3v) is 7.57. The number of aliphatic hydroxyl groups is 1. The molecule has 198 valence electrons. The summed E-state index contributed by atoms with van der Waals surface area (Å²) in [6, 6.07) is 13.4. The minimum absolute atomic E-state index is 0.0560. The van der Waals surface area contributed by atoms with Crippen molar-refractivity contribution in [2.24, 2.45) is 0 Å². The molecule has 0 saturated carbocycles. The van der Waals surface area contributed by atoms with E-state index < -0.39 is 27.2 Å². The molecule has 4 rings (SSSR count). The van der Waals surface area contributed by atoms with E-state index in [1.54, 1.807) is 43.3 Å². The average Bonchev–Trinajstić information content (AvgIpc) is 3.52. The molecule has 2 heterocycles. The van der Waals surface area contributed by atoms with Crippen LogP contribution in [0.1, 0.15) is 29.9 Å². The Morgan fingerprint density at radius 1 is 1.13 bits per heavy atom. The van der Waals surface area contributed by atoms with Crippen LogP contribution in [0.5, 0.6) is 11.5 Å². The minimum atomic E-state index is -4.34. The fourth-order valence-corrected chi connectivity index (χ4v) is 4.87. The highest BCUT2D eigenvalue weighted by Gasteiger charge is 2.33. The number of aryl methyl sites for hydroxylation is 1. The van der Waals surface area contributed by atoms with Crippen molar-refractivity contribution in [2.75, 3.05) is 18.9 Å². The number of furan rings is 1. The highest BCUT2D eigenvalue weighted by molar-refractivity contribution is 7.93. The van der Waals surface area contributed by atoms with Crippen molar-refractivity contribution in [1.82, 2.24) is 14.8 Å². The molecular formula is C25H24FN5O6S. The minimum Gasteiger partial charge on any atom is -0.494 e. The number of aliphatic hydroxyl groups excluding tert-OH is 1. The van der Waals surface area contributed by atoms with Crippen molar-refractivity contribution in [3.8, 4) is 34.8 Å². The molecule has 0 bridgehead atoms. The van der Waals surface area contributed by atoms with E-state index in [2.05, 4.69) is 14.9 Å². The van der Waals surface area contributed by atoms with Crippen LogP contribution < -0.4 is 14.2 Å². The topological polar surface area (TPSA) is 152 Å². The van der Waals surface area contributed by atoms with Crippen LogP contribution in [0.3, 0.4) is 0 Å². The first-order chi connectivity index (χ1) is 18.1. The second-order valence-electron chi connectivity index (χ2n) is 8.25. The molecule has 2 atom stereocenters. The number of sulfonamides is 1. The summed E-state index contributed by atoms with van der Waals surface area (Å²) in [6.07, 6.45) is -1.59. The van der Waals surface area contributed by atoms with Crippen LogP contribution in [0.15, 0.2) is 52.9 Å². The fraction of sp³-hybridized carbons (Fsp3) is 0.240. The van der Waals surface area contributed by atoms with E-state index in [4.69, 9.17) is 19.2 Å². The quantitative estimate of drug-likeness (QED) is 0.323. The Bertz CT molecular complexity index is 1600. The number of benzene rings is 2. The van der Waals surface area contributed by atoms with Gasteiger partial charge in [-0.1, -0.05) is 12.1 Å². The number of rotatable bonds is 9. The molecule has 2 N–H and O–H groups in total. The van der Waals surface area contributed by atoms with Crippen molar-refractivity contribution in [3.05, 3.63) is 71.2 Å². The second kappa shape index (κ2) is 10.5. The summed E-state index contributed by atoms with van der Waals surface area (Å²) in [5.74, 6) is 0.705. The normalized spacial score (nSPS) is 13.0. The Balaban J connectivity index is 1.81. The van der Waals surface area contributed by atoms with Gasteiger partial charge in [0.25, 0.3) is 0 Å². The van der Waals surface area contributed by atoms with E-state index in [0.717, 1.165) is 12.1 Å². The highest BCUT2D eigenvalue weighted by atomic mass is 32.2. The Kier molecular flexibility index (Phi) is 7.38. The molecule has 0 spiro atoms. The van der Waals surface area contributed by atoms with Gasteiger partial charge in [0.1, 0.15) is 40.1 Å². The van der Waals surface area contributed by atoms with Crippen LogP contribution in [0.4, 0.5) is 10.3 Å². The monoisotopic (exact) mass is 541 g/mol. The Labute approximate surface area is 218 Å². The van der Waals surface area contributed by atoms with Gasteiger partial charge in [-0.3, -0.25) is 9.29 Å². The van der Waals surface area contributed by atoms with Gasteiger partial charge in [0.2, 0.25) is 21.8 Å². The van der Waals surface area contributed by atoms with Crippen molar-refractivity contribution in [3.63, 3.8) is 0 Å². The fourth-order valence-electron chi connectivity index (χ4n) is 3.80. The zero-order valence-electron chi connectivity index (χ0n) is 20.8. The van der Waals surface area contributed by atoms with Gasteiger partial charge in [0, 0.05) is 0 Å². The lowest BCUT2D eigenvalue weighted by molar-refractivity contribution is 0.176. The summed E-state index contributed by atoms with van der Waals surface area (Å²) in [7, 11) is -1.45. The van der Waals surface area contributed by atoms with Crippen molar-refractivity contribution in [1.29, 1.82) is 5.26 Å². The first kappa shape index (κ1) is 26.6. The van der Waals surface area contributed by atoms with Gasteiger partial charge in [-0.15, -0.1) is 10.2 Å². The third kappa shape index (κ3) is 4.91. The zero-order chi connectivity index (χ0) is 27.6. The highest BCUT2D eigenvalue weighted by Crippen LogP contribution is 2.38. The molecule has 38 heavy (non-hydrogen) atoms. The maximum atomic E-state index is 13.7. The van der Waals surface area contributed by atoms with E-state index in [0.29, 0.717) is 28.7 Å². The predicted molar refractivity (Wildman–Crippen MR) is 135 cm³/mol. The molecule has 0 amide bonds. The summed E-state index contributed by atoms with van der Waals surface area (Å²) >= 11 is 0. The van der Waals surface area contributed by atoms with E-state index in [1.165, 1.54) is 31.8 Å². The molecule has 0 aliphatic carbocycles. The van der Waals surface area contributed by atoms with Crippen LogP contribution >= 0.6 is 0 Å². The van der Waals surface area contributed by atoms with Crippen LogP contribution in [0.2, 0.25) is 0 Å². The molecule has 2 aromatic carbocycles. The Morgan fingerprint density at radius 3 is 2.39 bits per heavy atom. The summed E-state index contributed by atoms with van der Waals surface area (Å²) in [4.78, 5) is 0. The zero-order valence-corrected chi connectivity index (χ0v) is 21.7. The molecule has 11 nitrogen and oxygen atoms in total. The first-order valence-corrected chi connectivity index (χ1v) is 12.8. The van der Waals surface area contributed by atoms with Crippen LogP contribution in [0.25, 0.3) is 17.3 Å². The van der Waals surface area contributed by atoms with Crippen molar-refractivity contribution < 1.29 is 31.8 Å². The van der Waals surface area contributed by atoms with E-state index in [-0.39, 0.29) is 22.9 Å². The van der Waals surface area contributed by atoms with Gasteiger partial charge < -0.3 is 19.0 Å². The number of hydrogen-bond donors (Lipinski definition) is 2. The maximum Gasteiger partial charge on any atom is 0.243 e. The number of nitrogens with one attached hydrogen (secondary N) is 1. The van der Waals surface area contributed by atoms with Gasteiger partial charge in [-0.05, 0) is 55.8 Å². The summed E-state index contributed by atoms with van der Waals surface area (Å²) in [6.45, 7) is 3.01. The molecule has 0 saturated heterocycles. The summed E-state index contributed by atoms with van der Waals surface area (Å²) in [5.41, 5.74) is 0.0376. The van der Waals surface area contributed by atoms with Gasteiger partial charge in [0.05, 0.1) is 25.9 Å². The molecule has 13 heteroatoms. The molecule has 0 aliphatic heterocycles. The standard InChI is InChI=1S/C25H24FN5O6S/c1-14-8-11-21(37-14)24-28-29-25(31(24)22-19(35-3)6-5-7-20(22)36-4)30-38(33,34)15(2)23(32)16-9-10-18(26)17(12-16)13-27/h5-12,15,23,32H,1-4H3,(H,29,30). The van der Waals surface area contributed by atoms with Crippen molar-refractivity contribution >= 4 is 16.0 Å². The average molecular weight is 542 g/mol. The smallest absolute Gasteiger partial charge is 0.243 e. The second-order valence-corrected chi connectivity index (χ2v) is 10.3. The molecule has 0 fully saturated rings. The number of ether oxygens (including phenoxy) is 2. The summed E-state index contributed by atoms with van der Waals surface area (Å²) < 4.78 is 61.0. The Morgan fingerprint density at radius 2 is 1.82 bits per heavy atom. The van der Waals surface area contributed by atoms with Gasteiger partial charge in [-0.25, -0.2) is 12.8 Å². The SMILES string of the molecule is COc1cccc(OC)c1-n1c(NS(=O)(=O)C(C)C(O)c2ccc(F)c(C#N)c2)nnc1-c1ccc(C)o1. The number of nitriles is 1. The molecule has 2 unspecified atom stereocenters. The number of anilines is 1. The van der Waals surface area contributed by atoms with Crippen molar-refractivity contribution in [2.45, 2.75) is 25.2 Å². The lowest BCUT2D eigenvalue weighted by atomic mass is 10.0. The van der Waals surface area contributed by atoms with Gasteiger partial charge in [0.15, 0.2) is 5.76 Å².